The van der Waals surface area contributed by atoms with Gasteiger partial charge in [-0.3, -0.25) is 0 Å². The Morgan fingerprint density at radius 1 is 1.46 bits per heavy atom. The minimum Gasteiger partial charge on any atom is -0.123 e. The maximum Gasteiger partial charge on any atom is 0.00952 e. The Balaban J connectivity index is 2.15. The molecular weight excluding hydrogens is 176 g/mol. The van der Waals surface area contributed by atoms with Crippen LogP contribution in [0.1, 0.15) is 25.3 Å². The first-order valence-electron chi connectivity index (χ1n) is 4.68. The number of hydrogen-bond donors (Lipinski definition) is 0. The van der Waals surface area contributed by atoms with Gasteiger partial charge in [-0.1, -0.05) is 24.3 Å². The molecule has 68 valence electrons. The Morgan fingerprint density at radius 3 is 2.85 bits per heavy atom. The molecule has 0 N–H and O–H groups in total. The summed E-state index contributed by atoms with van der Waals surface area (Å²) in [7, 11) is 0. The Labute approximate surface area is 84.0 Å². The van der Waals surface area contributed by atoms with Gasteiger partial charge in [0.1, 0.15) is 0 Å². The van der Waals surface area contributed by atoms with E-state index in [4.69, 9.17) is 0 Å². The third-order valence-corrected chi connectivity index (χ3v) is 3.48. The Bertz CT molecular complexity index is 324. The minimum absolute atomic E-state index is 0.889. The van der Waals surface area contributed by atoms with Crippen LogP contribution in [0.3, 0.4) is 0 Å². The molecule has 0 atom stereocenters. The summed E-state index contributed by atoms with van der Waals surface area (Å²) < 4.78 is 0. The molecule has 0 aliphatic heterocycles. The highest BCUT2D eigenvalue weighted by Crippen LogP contribution is 2.39. The van der Waals surface area contributed by atoms with Crippen LogP contribution in [0, 0.1) is 0 Å². The van der Waals surface area contributed by atoms with Crippen molar-refractivity contribution in [2.75, 3.05) is 0 Å². The molecule has 0 radical (unpaired) electrons. The summed E-state index contributed by atoms with van der Waals surface area (Å²) in [6.45, 7) is 6.01. The zero-order valence-corrected chi connectivity index (χ0v) is 8.73. The van der Waals surface area contributed by atoms with E-state index in [2.05, 4.69) is 37.8 Å². The van der Waals surface area contributed by atoms with Gasteiger partial charge >= 0.3 is 0 Å². The first kappa shape index (κ1) is 8.89. The highest BCUT2D eigenvalue weighted by molar-refractivity contribution is 8.00. The van der Waals surface area contributed by atoms with Gasteiger partial charge in [-0.25, -0.2) is 0 Å². The van der Waals surface area contributed by atoms with Gasteiger partial charge in [-0.15, -0.1) is 11.8 Å². The topological polar surface area (TPSA) is 0 Å². The fourth-order valence-electron chi connectivity index (χ4n) is 1.21. The second-order valence-corrected chi connectivity index (χ2v) is 5.00. The third-order valence-electron chi connectivity index (χ3n) is 2.15. The first-order valence-corrected chi connectivity index (χ1v) is 5.56. The molecule has 2 rings (SSSR count). The van der Waals surface area contributed by atoms with Gasteiger partial charge in [-0.2, -0.15) is 0 Å². The molecule has 1 aromatic carbocycles. The van der Waals surface area contributed by atoms with Crippen LogP contribution in [-0.4, -0.2) is 5.25 Å². The van der Waals surface area contributed by atoms with Crippen LogP contribution in [0.15, 0.2) is 35.7 Å². The largest absolute Gasteiger partial charge is 0.123 e. The number of thioether (sulfide) groups is 1. The molecule has 1 aliphatic carbocycles. The van der Waals surface area contributed by atoms with Crippen LogP contribution in [0.4, 0.5) is 0 Å². The van der Waals surface area contributed by atoms with E-state index in [1.165, 1.54) is 23.3 Å². The summed E-state index contributed by atoms with van der Waals surface area (Å²) in [5.74, 6) is 0. The molecule has 1 fully saturated rings. The van der Waals surface area contributed by atoms with Crippen LogP contribution in [0.25, 0.3) is 5.57 Å². The lowest BCUT2D eigenvalue weighted by atomic mass is 10.1. The number of hydrogen-bond acceptors (Lipinski definition) is 1. The van der Waals surface area contributed by atoms with Gasteiger partial charge in [0.05, 0.1) is 0 Å². The molecule has 0 amide bonds. The second kappa shape index (κ2) is 3.59. The summed E-state index contributed by atoms with van der Waals surface area (Å²) >= 11 is 2.00. The SMILES string of the molecule is C=C(C)c1cccc(SC2CC2)c1. The number of allylic oxidation sites excluding steroid dienone is 1. The molecule has 0 aromatic heterocycles. The van der Waals surface area contributed by atoms with Gasteiger partial charge in [0.15, 0.2) is 0 Å². The smallest absolute Gasteiger partial charge is 0.00952 e. The van der Waals surface area contributed by atoms with Crippen LogP contribution in [-0.2, 0) is 0 Å². The average Bonchev–Trinajstić information content (AvgIpc) is 2.89. The van der Waals surface area contributed by atoms with Gasteiger partial charge in [-0.05, 0) is 37.5 Å². The molecule has 0 bridgehead atoms. The lowest BCUT2D eigenvalue weighted by Crippen LogP contribution is -1.80. The Morgan fingerprint density at radius 2 is 2.23 bits per heavy atom. The molecule has 1 aliphatic rings. The Hall–Kier alpha value is -0.690. The van der Waals surface area contributed by atoms with E-state index in [9.17, 15) is 0 Å². The Kier molecular flexibility index (Phi) is 2.45. The van der Waals surface area contributed by atoms with E-state index >= 15 is 0 Å². The summed E-state index contributed by atoms with van der Waals surface area (Å²) in [5, 5.41) is 0.889. The van der Waals surface area contributed by atoms with Crippen molar-refractivity contribution in [2.24, 2.45) is 0 Å². The summed E-state index contributed by atoms with van der Waals surface area (Å²) in [4.78, 5) is 1.39. The van der Waals surface area contributed by atoms with E-state index in [-0.39, 0.29) is 0 Å². The average molecular weight is 190 g/mol. The van der Waals surface area contributed by atoms with Crippen molar-refractivity contribution in [1.82, 2.24) is 0 Å². The third kappa shape index (κ3) is 2.38. The van der Waals surface area contributed by atoms with Crippen molar-refractivity contribution in [2.45, 2.75) is 29.9 Å². The predicted molar refractivity (Wildman–Crippen MR) is 60.0 cm³/mol. The van der Waals surface area contributed by atoms with Crippen LogP contribution in [0.2, 0.25) is 0 Å². The molecule has 1 heteroatoms. The summed E-state index contributed by atoms with van der Waals surface area (Å²) in [6, 6.07) is 8.68. The number of rotatable bonds is 3. The van der Waals surface area contributed by atoms with E-state index in [0.717, 1.165) is 10.8 Å². The van der Waals surface area contributed by atoms with Gasteiger partial charge < -0.3 is 0 Å². The minimum atomic E-state index is 0.889. The maximum atomic E-state index is 3.95. The lowest BCUT2D eigenvalue weighted by molar-refractivity contribution is 1.39. The molecular formula is C12H14S. The first-order chi connectivity index (χ1) is 6.25. The van der Waals surface area contributed by atoms with Crippen molar-refractivity contribution in [3.63, 3.8) is 0 Å². The second-order valence-electron chi connectivity index (χ2n) is 3.63. The van der Waals surface area contributed by atoms with E-state index in [1.807, 2.05) is 11.8 Å². The normalized spacial score (nSPS) is 15.8. The summed E-state index contributed by atoms with van der Waals surface area (Å²) in [6.07, 6.45) is 2.78. The zero-order chi connectivity index (χ0) is 9.26. The maximum absolute atomic E-state index is 3.95. The molecule has 1 aromatic rings. The highest BCUT2D eigenvalue weighted by atomic mass is 32.2. The molecule has 0 unspecified atom stereocenters. The standard InChI is InChI=1S/C12H14S/c1-9(2)10-4-3-5-12(8-10)13-11-6-7-11/h3-5,8,11H,1,6-7H2,2H3. The van der Waals surface area contributed by atoms with E-state index < -0.39 is 0 Å². The van der Waals surface area contributed by atoms with Gasteiger partial charge in [0.2, 0.25) is 0 Å². The van der Waals surface area contributed by atoms with Crippen LogP contribution in [0.5, 0.6) is 0 Å². The fraction of sp³-hybridized carbons (Fsp3) is 0.333. The predicted octanol–water partition coefficient (Wildman–Crippen LogP) is 3.97. The fourth-order valence-corrected chi connectivity index (χ4v) is 2.32. The van der Waals surface area contributed by atoms with Crippen molar-refractivity contribution in [3.05, 3.63) is 36.4 Å². The van der Waals surface area contributed by atoms with Gasteiger partial charge in [0, 0.05) is 10.1 Å². The quantitative estimate of drug-likeness (QED) is 0.695. The van der Waals surface area contributed by atoms with Crippen molar-refractivity contribution in [1.29, 1.82) is 0 Å². The van der Waals surface area contributed by atoms with E-state index in [1.54, 1.807) is 0 Å². The monoisotopic (exact) mass is 190 g/mol. The number of benzene rings is 1. The van der Waals surface area contributed by atoms with Crippen LogP contribution >= 0.6 is 11.8 Å². The van der Waals surface area contributed by atoms with Crippen LogP contribution < -0.4 is 0 Å². The van der Waals surface area contributed by atoms with E-state index in [0.29, 0.717) is 0 Å². The molecule has 1 saturated carbocycles. The molecule has 0 heterocycles. The molecule has 0 saturated heterocycles. The van der Waals surface area contributed by atoms with Crippen molar-refractivity contribution < 1.29 is 0 Å². The van der Waals surface area contributed by atoms with Crippen molar-refractivity contribution >= 4 is 17.3 Å². The zero-order valence-electron chi connectivity index (χ0n) is 7.92. The highest BCUT2D eigenvalue weighted by Gasteiger charge is 2.22. The molecule has 13 heavy (non-hydrogen) atoms. The van der Waals surface area contributed by atoms with Crippen molar-refractivity contribution in [3.8, 4) is 0 Å². The summed E-state index contributed by atoms with van der Waals surface area (Å²) in [5.41, 5.74) is 2.42. The lowest BCUT2D eigenvalue weighted by Gasteiger charge is -2.03. The molecule has 0 spiro atoms. The molecule has 0 nitrogen and oxygen atoms in total. The van der Waals surface area contributed by atoms with Gasteiger partial charge in [0.25, 0.3) is 0 Å².